The Morgan fingerprint density at radius 3 is 1.42 bits per heavy atom. The largest absolute Gasteiger partial charge is 0.481 e. The van der Waals surface area contributed by atoms with E-state index in [-0.39, 0.29) is 78.4 Å². The number of hydrogen-bond donors (Lipinski definition) is 3. The molecule has 18 nitrogen and oxygen atoms in total. The SMILES string of the molecule is CC(C)[C@@H](C)[C@@]1(C)CC[C@]2(C)[C@H]3CC[C@@H]4[C@@]5(COC[C@@]4(C)[C@@H](OC[C@@H]4CCCN4)[C@H](n4ncnc4-c4ccncc4)C5)C3=CC[C@@]2(C)[C@@H]1C(=O)O.CC(C)[C@@H](C)[C@@]1(C)CC[C@]2(C)[C@H]3CC[C@@H]4[C@@]5(COC[C@@]4(C)[C@@H](OC[C@@H]4CCCN4C)[C@H](n4ncnc4-c4ccncc4)C5)C3=CC[C@@]2(C)[C@@H]1C(=O)O. The Morgan fingerprint density at radius 1 is 0.573 bits per heavy atom. The second-order valence-corrected chi connectivity index (χ2v) is 38.3. The fourth-order valence-corrected chi connectivity index (χ4v) is 27.2. The summed E-state index contributed by atoms with van der Waals surface area (Å²) in [7, 11) is 2.23. The standard InChI is InChI=1S/C43H63N5O4.C42H61N5O4/c1-27(2)28(3)39(4)17-18-41(6)31-11-12-34-40(5)24-51-25-43(34,32(31)13-16-42(41,7)35(39)38(49)50)22-33(36(40)52-23-30-10-9-21-47(30)8)48-37(45-26-46-48)29-14-19-44-20-15-29;1-26(2)27(3)38(4)16-17-40(6)30-10-11-33-39(5)23-50-24-42(33,31(30)12-15-41(40,7)34(38)37(48)49)21-32(35(39)51-22-29-9-8-18-44-29)47-36(45-25-46-47)28-13-19-43-20-14-28/h13-15,19-20,26-28,30-31,33-36H,9-12,16-18,21-25H2,1-8H3,(H,49,50);12-14,19-20,25-27,29-30,32-35,44H,8-11,15-18,21-24H2,1-7H3,(H,48,49)/t28-,30+,31+,33-,34+,35-,36+,39-,40-,41-,42+,43+;27-,29+,30+,32-,33+,34-,35+,38-,39-,40-,41+,42+/m11/s1. The molecule has 12 aliphatic rings. The summed E-state index contributed by atoms with van der Waals surface area (Å²) in [6, 6.07) is 8.82. The molecular formula is C85H124N10O8. The summed E-state index contributed by atoms with van der Waals surface area (Å²) in [5.41, 5.74) is 2.82. The molecule has 103 heavy (non-hydrogen) atoms. The normalized spacial score (nSPS) is 43.8. The number of carboxylic acid groups (broad SMARTS) is 2. The first-order chi connectivity index (χ1) is 49.0. The number of pyridine rings is 2. The molecule has 3 N–H and O–H groups in total. The number of ether oxygens (including phenoxy) is 4. The quantitative estimate of drug-likeness (QED) is 0.0890. The number of likely N-dealkylation sites (N-methyl/N-ethyl adjacent to an activating group) is 1. The average molecular weight is 1410 g/mol. The zero-order valence-electron chi connectivity index (χ0n) is 65.0. The van der Waals surface area contributed by atoms with Crippen molar-refractivity contribution in [2.24, 2.45) is 113 Å². The van der Waals surface area contributed by atoms with Crippen LogP contribution in [0.3, 0.4) is 0 Å². The summed E-state index contributed by atoms with van der Waals surface area (Å²) >= 11 is 0. The molecule has 18 heteroatoms. The Labute approximate surface area is 614 Å². The highest BCUT2D eigenvalue weighted by atomic mass is 16.5. The molecule has 0 radical (unpaired) electrons. The van der Waals surface area contributed by atoms with Gasteiger partial charge in [-0.2, -0.15) is 10.2 Å². The Bertz CT molecular complexity index is 3840. The third kappa shape index (κ3) is 10.9. The number of nitrogens with one attached hydrogen (secondary N) is 1. The van der Waals surface area contributed by atoms with Crippen molar-refractivity contribution in [3.05, 3.63) is 85.0 Å². The minimum Gasteiger partial charge on any atom is -0.481 e. The summed E-state index contributed by atoms with van der Waals surface area (Å²) in [5, 5.41) is 35.9. The fourth-order valence-electron chi connectivity index (χ4n) is 27.2. The molecule has 0 spiro atoms. The van der Waals surface area contributed by atoms with Crippen molar-refractivity contribution >= 4 is 11.9 Å². The third-order valence-corrected chi connectivity index (χ3v) is 33.6. The molecule has 8 aliphatic carbocycles. The second-order valence-electron chi connectivity index (χ2n) is 38.3. The number of hydrogen-bond acceptors (Lipinski definition) is 14. The van der Waals surface area contributed by atoms with Crippen molar-refractivity contribution in [2.45, 2.75) is 236 Å². The van der Waals surface area contributed by atoms with Crippen LogP contribution in [-0.2, 0) is 28.5 Å². The van der Waals surface area contributed by atoms with Gasteiger partial charge in [0.1, 0.15) is 12.7 Å². The van der Waals surface area contributed by atoms with E-state index in [0.717, 1.165) is 126 Å². The summed E-state index contributed by atoms with van der Waals surface area (Å²) in [5.74, 6) is 2.63. The van der Waals surface area contributed by atoms with Crippen molar-refractivity contribution in [1.29, 1.82) is 0 Å². The smallest absolute Gasteiger partial charge is 0.307 e. The van der Waals surface area contributed by atoms with E-state index >= 15 is 0 Å². The highest BCUT2D eigenvalue weighted by molar-refractivity contribution is 5.74. The Balaban J connectivity index is 0.000000166. The zero-order valence-corrected chi connectivity index (χ0v) is 65.0. The monoisotopic (exact) mass is 1410 g/mol. The van der Waals surface area contributed by atoms with Gasteiger partial charge in [-0.05, 0) is 227 Å². The lowest BCUT2D eigenvalue weighted by Crippen LogP contribution is -2.69. The molecule has 0 aromatic carbocycles. The number of rotatable bonds is 16. The van der Waals surface area contributed by atoms with Crippen LogP contribution >= 0.6 is 0 Å². The van der Waals surface area contributed by atoms with Gasteiger partial charge in [0, 0.05) is 69.7 Å². The van der Waals surface area contributed by atoms with Crippen LogP contribution in [0.4, 0.5) is 0 Å². The number of likely N-dealkylation sites (tertiary alicyclic amines) is 1. The van der Waals surface area contributed by atoms with Crippen molar-refractivity contribution < 1.29 is 38.7 Å². The van der Waals surface area contributed by atoms with Gasteiger partial charge in [-0.3, -0.25) is 19.6 Å². The van der Waals surface area contributed by atoms with Gasteiger partial charge in [0.15, 0.2) is 11.6 Å². The van der Waals surface area contributed by atoms with E-state index in [4.69, 9.17) is 39.1 Å². The molecule has 4 aliphatic heterocycles. The lowest BCUT2D eigenvalue weighted by atomic mass is 9.34. The number of allylic oxidation sites excluding steroid dienone is 2. The van der Waals surface area contributed by atoms with Gasteiger partial charge in [-0.1, -0.05) is 120 Å². The first-order valence-electron chi connectivity index (χ1n) is 40.3. The van der Waals surface area contributed by atoms with E-state index in [1.807, 2.05) is 49.1 Å². The molecule has 6 saturated carbocycles. The van der Waals surface area contributed by atoms with Crippen molar-refractivity contribution in [1.82, 2.24) is 49.7 Å². The Morgan fingerprint density at radius 2 is 1.02 bits per heavy atom. The molecule has 8 heterocycles. The lowest BCUT2D eigenvalue weighted by molar-refractivity contribution is -0.251. The Kier molecular flexibility index (Phi) is 18.9. The maximum atomic E-state index is 13.6. The van der Waals surface area contributed by atoms with E-state index in [1.54, 1.807) is 23.8 Å². The highest BCUT2D eigenvalue weighted by Gasteiger charge is 2.75. The van der Waals surface area contributed by atoms with Crippen molar-refractivity contribution in [3.8, 4) is 22.8 Å². The molecule has 16 rings (SSSR count). The van der Waals surface area contributed by atoms with Crippen LogP contribution in [0.2, 0.25) is 0 Å². The van der Waals surface area contributed by atoms with Gasteiger partial charge >= 0.3 is 11.9 Å². The predicted molar refractivity (Wildman–Crippen MR) is 398 cm³/mol. The van der Waals surface area contributed by atoms with Crippen molar-refractivity contribution in [2.75, 3.05) is 59.8 Å². The maximum Gasteiger partial charge on any atom is 0.307 e. The van der Waals surface area contributed by atoms with Gasteiger partial charge in [-0.15, -0.1) is 0 Å². The topological polar surface area (TPSA) is 214 Å². The van der Waals surface area contributed by atoms with Crippen LogP contribution in [0.15, 0.2) is 85.0 Å². The van der Waals surface area contributed by atoms with Gasteiger partial charge < -0.3 is 39.4 Å². The number of aliphatic carboxylic acids is 2. The lowest BCUT2D eigenvalue weighted by Gasteiger charge is -2.71. The van der Waals surface area contributed by atoms with E-state index < -0.39 is 23.8 Å². The summed E-state index contributed by atoms with van der Waals surface area (Å²) in [4.78, 5) is 47.8. The molecule has 4 aromatic heterocycles. The second kappa shape index (κ2) is 26.6. The van der Waals surface area contributed by atoms with Gasteiger partial charge in [0.25, 0.3) is 0 Å². The zero-order chi connectivity index (χ0) is 72.8. The molecule has 0 unspecified atom stereocenters. The molecule has 24 atom stereocenters. The van der Waals surface area contributed by atoms with Crippen LogP contribution in [0.1, 0.15) is 212 Å². The summed E-state index contributed by atoms with van der Waals surface area (Å²) < 4.78 is 32.4. The highest BCUT2D eigenvalue weighted by Crippen LogP contribution is 2.78. The molecule has 562 valence electrons. The number of aromatic nitrogens is 8. The molecular weight excluding hydrogens is 1290 g/mol. The van der Waals surface area contributed by atoms with E-state index in [2.05, 4.69) is 146 Å². The van der Waals surface area contributed by atoms with Crippen LogP contribution in [0.25, 0.3) is 22.8 Å². The molecule has 4 aromatic rings. The molecule has 4 bridgehead atoms. The van der Waals surface area contributed by atoms with Gasteiger partial charge in [-0.25, -0.2) is 19.3 Å². The number of nitrogens with zero attached hydrogens (tertiary/aromatic N) is 9. The fraction of sp³-hybridized carbons (Fsp3) is 0.765. The summed E-state index contributed by atoms with van der Waals surface area (Å²) in [6.45, 7) is 39.0. The van der Waals surface area contributed by atoms with E-state index in [1.165, 1.54) is 12.8 Å². The number of carbonyl (C=O) groups is 2. The van der Waals surface area contributed by atoms with Crippen LogP contribution in [0.5, 0.6) is 0 Å². The maximum absolute atomic E-state index is 13.6. The molecule has 4 saturated heterocycles. The predicted octanol–water partition coefficient (Wildman–Crippen LogP) is 15.6. The van der Waals surface area contributed by atoms with E-state index in [0.29, 0.717) is 99.1 Å². The average Bonchev–Trinajstić information content (AvgIpc) is 1.22. The van der Waals surface area contributed by atoms with E-state index in [9.17, 15) is 19.8 Å². The minimum atomic E-state index is -0.611. The van der Waals surface area contributed by atoms with Crippen molar-refractivity contribution in [3.63, 3.8) is 0 Å². The summed E-state index contributed by atoms with van der Waals surface area (Å²) in [6.07, 6.45) is 32.1. The first kappa shape index (κ1) is 73.3. The Hall–Kier alpha value is -5.24. The third-order valence-electron chi connectivity index (χ3n) is 33.6. The minimum absolute atomic E-state index is 0.0309. The number of carboxylic acids is 2. The first-order valence-corrected chi connectivity index (χ1v) is 40.3. The van der Waals surface area contributed by atoms with Crippen LogP contribution in [0, 0.1) is 113 Å². The molecule has 0 amide bonds. The van der Waals surface area contributed by atoms with Gasteiger partial charge in [0.2, 0.25) is 0 Å². The number of fused-ring (bicyclic) bond motifs is 6. The van der Waals surface area contributed by atoms with Crippen LogP contribution in [-0.4, -0.2) is 151 Å². The van der Waals surface area contributed by atoms with Gasteiger partial charge in [0.05, 0.1) is 75.8 Å². The van der Waals surface area contributed by atoms with Crippen LogP contribution < -0.4 is 5.32 Å². The molecule has 10 fully saturated rings.